The molecule has 18 heavy (non-hydrogen) atoms. The van der Waals surface area contributed by atoms with Crippen LogP contribution < -0.4 is 0 Å². The molecule has 0 saturated carbocycles. The Labute approximate surface area is 101 Å². The number of aromatic carboxylic acids is 1. The highest BCUT2D eigenvalue weighted by molar-refractivity contribution is 5.84. The first kappa shape index (κ1) is 11.8. The summed E-state index contributed by atoms with van der Waals surface area (Å²) < 4.78 is 6.38. The molecule has 2 rings (SSSR count). The first-order chi connectivity index (χ1) is 8.47. The van der Waals surface area contributed by atoms with Gasteiger partial charge in [-0.25, -0.2) is 4.79 Å². The van der Waals surface area contributed by atoms with Crippen molar-refractivity contribution in [2.45, 2.75) is 13.5 Å². The minimum absolute atomic E-state index is 0.116. The molecule has 1 N–H and O–H groups in total. The molecule has 0 bridgehead atoms. The van der Waals surface area contributed by atoms with Crippen molar-refractivity contribution in [2.24, 2.45) is 0 Å². The highest BCUT2D eigenvalue weighted by atomic mass is 16.6. The molecule has 0 saturated heterocycles. The van der Waals surface area contributed by atoms with Crippen LogP contribution in [0, 0.1) is 17.0 Å². The third kappa shape index (κ3) is 2.21. The van der Waals surface area contributed by atoms with Gasteiger partial charge in [-0.3, -0.25) is 14.8 Å². The van der Waals surface area contributed by atoms with Gasteiger partial charge in [-0.05, 0) is 13.0 Å². The summed E-state index contributed by atoms with van der Waals surface area (Å²) >= 11 is 0. The molecule has 8 nitrogen and oxygen atoms in total. The minimum Gasteiger partial charge on any atom is -0.475 e. The summed E-state index contributed by atoms with van der Waals surface area (Å²) in [5.41, 5.74) is 0.500. The van der Waals surface area contributed by atoms with Crippen LogP contribution in [0.3, 0.4) is 0 Å². The maximum atomic E-state index is 10.7. The quantitative estimate of drug-likeness (QED) is 0.650. The van der Waals surface area contributed by atoms with E-state index in [1.54, 1.807) is 6.92 Å². The van der Waals surface area contributed by atoms with Gasteiger partial charge >= 0.3 is 11.7 Å². The van der Waals surface area contributed by atoms with Crippen LogP contribution in [0.4, 0.5) is 5.69 Å². The van der Waals surface area contributed by atoms with Crippen LogP contribution in [-0.2, 0) is 6.54 Å². The van der Waals surface area contributed by atoms with Crippen molar-refractivity contribution in [1.82, 2.24) is 9.78 Å². The lowest BCUT2D eigenvalue weighted by molar-refractivity contribution is -0.385. The summed E-state index contributed by atoms with van der Waals surface area (Å²) in [7, 11) is 0. The summed E-state index contributed by atoms with van der Waals surface area (Å²) in [6.07, 6.45) is 2.40. The van der Waals surface area contributed by atoms with E-state index in [2.05, 4.69) is 5.10 Å². The van der Waals surface area contributed by atoms with Gasteiger partial charge in [0.05, 0.1) is 11.5 Å². The molecule has 2 aromatic rings. The third-order valence-corrected chi connectivity index (χ3v) is 2.39. The van der Waals surface area contributed by atoms with Crippen molar-refractivity contribution in [3.8, 4) is 0 Å². The molecular weight excluding hydrogens is 242 g/mol. The number of furan rings is 1. The highest BCUT2D eigenvalue weighted by Gasteiger charge is 2.15. The molecule has 0 aliphatic heterocycles. The average molecular weight is 251 g/mol. The molecule has 2 heterocycles. The van der Waals surface area contributed by atoms with Crippen LogP contribution in [0.25, 0.3) is 0 Å². The molecular formula is C10H9N3O5. The molecule has 0 atom stereocenters. The molecule has 0 unspecified atom stereocenters. The van der Waals surface area contributed by atoms with Gasteiger partial charge in [-0.1, -0.05) is 0 Å². The van der Waals surface area contributed by atoms with E-state index in [0.29, 0.717) is 11.3 Å². The lowest BCUT2D eigenvalue weighted by Crippen LogP contribution is -2.00. The number of hydrogen-bond acceptors (Lipinski definition) is 5. The normalized spacial score (nSPS) is 10.5. The molecule has 0 aromatic carbocycles. The van der Waals surface area contributed by atoms with Gasteiger partial charge in [0.25, 0.3) is 0 Å². The van der Waals surface area contributed by atoms with Crippen LogP contribution in [0.1, 0.15) is 21.9 Å². The number of carbonyl (C=O) groups is 1. The summed E-state index contributed by atoms with van der Waals surface area (Å²) in [6.45, 7) is 1.84. The van der Waals surface area contributed by atoms with Crippen molar-refractivity contribution in [3.63, 3.8) is 0 Å². The zero-order chi connectivity index (χ0) is 13.3. The molecule has 0 amide bonds. The molecule has 0 fully saturated rings. The Bertz CT molecular complexity index is 613. The standard InChI is InChI=1S/C10H9N3O5/c1-6-7(2-9(18-6)10(14)15)4-12-5-8(3-11-12)13(16)17/h2-3,5H,4H2,1H3,(H,14,15). The van der Waals surface area contributed by atoms with Gasteiger partial charge in [0.2, 0.25) is 5.76 Å². The SMILES string of the molecule is Cc1oc(C(=O)O)cc1Cn1cc([N+](=O)[O-])cn1. The van der Waals surface area contributed by atoms with Crippen molar-refractivity contribution in [2.75, 3.05) is 0 Å². The van der Waals surface area contributed by atoms with Gasteiger partial charge < -0.3 is 9.52 Å². The van der Waals surface area contributed by atoms with E-state index in [0.717, 1.165) is 6.20 Å². The topological polar surface area (TPSA) is 111 Å². The molecule has 8 heteroatoms. The van der Waals surface area contributed by atoms with Crippen molar-refractivity contribution in [1.29, 1.82) is 0 Å². The van der Waals surface area contributed by atoms with E-state index in [9.17, 15) is 14.9 Å². The summed E-state index contributed by atoms with van der Waals surface area (Å²) in [4.78, 5) is 20.6. The van der Waals surface area contributed by atoms with E-state index in [1.807, 2.05) is 0 Å². The molecule has 2 aromatic heterocycles. The summed E-state index contributed by atoms with van der Waals surface area (Å²) in [5, 5.41) is 23.1. The second-order valence-corrected chi connectivity index (χ2v) is 3.65. The monoisotopic (exact) mass is 251 g/mol. The first-order valence-electron chi connectivity index (χ1n) is 4.97. The Hall–Kier alpha value is -2.64. The number of carboxylic acid groups (broad SMARTS) is 1. The van der Waals surface area contributed by atoms with Crippen LogP contribution in [-0.4, -0.2) is 25.8 Å². The molecule has 0 aliphatic carbocycles. The molecule has 94 valence electrons. The number of aryl methyl sites for hydroxylation is 1. The maximum absolute atomic E-state index is 10.7. The lowest BCUT2D eigenvalue weighted by atomic mass is 10.2. The average Bonchev–Trinajstić information content (AvgIpc) is 2.87. The van der Waals surface area contributed by atoms with E-state index in [4.69, 9.17) is 9.52 Å². The molecule has 0 radical (unpaired) electrons. The number of carboxylic acids is 1. The van der Waals surface area contributed by atoms with E-state index >= 15 is 0 Å². The van der Waals surface area contributed by atoms with Crippen LogP contribution in [0.5, 0.6) is 0 Å². The van der Waals surface area contributed by atoms with Crippen LogP contribution in [0.2, 0.25) is 0 Å². The van der Waals surface area contributed by atoms with E-state index in [1.165, 1.54) is 16.9 Å². The van der Waals surface area contributed by atoms with E-state index in [-0.39, 0.29) is 18.0 Å². The number of nitrogens with zero attached hydrogens (tertiary/aromatic N) is 3. The first-order valence-corrected chi connectivity index (χ1v) is 4.97. The molecule has 0 spiro atoms. The van der Waals surface area contributed by atoms with Crippen molar-refractivity contribution in [3.05, 3.63) is 45.7 Å². The van der Waals surface area contributed by atoms with Crippen molar-refractivity contribution >= 4 is 11.7 Å². The minimum atomic E-state index is -1.16. The Morgan fingerprint density at radius 3 is 2.89 bits per heavy atom. The Morgan fingerprint density at radius 1 is 1.67 bits per heavy atom. The maximum Gasteiger partial charge on any atom is 0.371 e. The predicted octanol–water partition coefficient (Wildman–Crippen LogP) is 1.44. The smallest absolute Gasteiger partial charge is 0.371 e. The number of nitro groups is 1. The Morgan fingerprint density at radius 2 is 2.39 bits per heavy atom. The highest BCUT2D eigenvalue weighted by Crippen LogP contribution is 2.17. The van der Waals surface area contributed by atoms with Crippen LogP contribution >= 0.6 is 0 Å². The largest absolute Gasteiger partial charge is 0.475 e. The number of rotatable bonds is 4. The lowest BCUT2D eigenvalue weighted by Gasteiger charge is -1.97. The van der Waals surface area contributed by atoms with E-state index < -0.39 is 10.9 Å². The summed E-state index contributed by atoms with van der Waals surface area (Å²) in [6, 6.07) is 1.38. The van der Waals surface area contributed by atoms with Crippen molar-refractivity contribution < 1.29 is 19.2 Å². The molecule has 0 aliphatic rings. The van der Waals surface area contributed by atoms with Crippen LogP contribution in [0.15, 0.2) is 22.9 Å². The predicted molar refractivity (Wildman–Crippen MR) is 58.4 cm³/mol. The fourth-order valence-electron chi connectivity index (χ4n) is 1.49. The number of hydrogen-bond donors (Lipinski definition) is 1. The van der Waals surface area contributed by atoms with Gasteiger partial charge in [0.1, 0.15) is 18.2 Å². The third-order valence-electron chi connectivity index (χ3n) is 2.39. The Kier molecular flexibility index (Phi) is 2.84. The second kappa shape index (κ2) is 4.32. The number of aromatic nitrogens is 2. The fraction of sp³-hybridized carbons (Fsp3) is 0.200. The van der Waals surface area contributed by atoms with Gasteiger partial charge in [-0.15, -0.1) is 0 Å². The zero-order valence-corrected chi connectivity index (χ0v) is 9.36. The summed E-state index contributed by atoms with van der Waals surface area (Å²) in [5.74, 6) is -0.870. The fourth-order valence-corrected chi connectivity index (χ4v) is 1.49. The van der Waals surface area contributed by atoms with Gasteiger partial charge in [-0.2, -0.15) is 5.10 Å². The van der Waals surface area contributed by atoms with Gasteiger partial charge in [0, 0.05) is 5.56 Å². The zero-order valence-electron chi connectivity index (χ0n) is 9.36. The second-order valence-electron chi connectivity index (χ2n) is 3.65. The van der Waals surface area contributed by atoms with Gasteiger partial charge in [0.15, 0.2) is 0 Å². The Balaban J connectivity index is 2.22.